The van der Waals surface area contributed by atoms with Gasteiger partial charge in [0, 0.05) is 12.1 Å². The highest BCUT2D eigenvalue weighted by atomic mass is 16.2. The molecule has 0 unspecified atom stereocenters. The lowest BCUT2D eigenvalue weighted by molar-refractivity contribution is 0.0943. The summed E-state index contributed by atoms with van der Waals surface area (Å²) in [7, 11) is 0. The van der Waals surface area contributed by atoms with Gasteiger partial charge in [-0.3, -0.25) is 4.79 Å². The Balaban J connectivity index is 1.72. The van der Waals surface area contributed by atoms with Gasteiger partial charge < -0.3 is 5.32 Å². The Bertz CT molecular complexity index is 1130. The van der Waals surface area contributed by atoms with E-state index in [1.165, 1.54) is 5.56 Å². The van der Waals surface area contributed by atoms with Crippen molar-refractivity contribution in [3.63, 3.8) is 0 Å². The minimum atomic E-state index is -0.150. The number of aryl methyl sites for hydroxylation is 2. The molecule has 0 aliphatic rings. The summed E-state index contributed by atoms with van der Waals surface area (Å²) >= 11 is 0. The minimum Gasteiger partial charge on any atom is -0.347 e. The molecule has 144 valence electrons. The fraction of sp³-hybridized carbons (Fsp3) is 0.120. The maximum atomic E-state index is 13.1. The molecule has 4 aromatic rings. The summed E-state index contributed by atoms with van der Waals surface area (Å²) in [5.41, 5.74) is 6.49. The average molecular weight is 381 g/mol. The van der Waals surface area contributed by atoms with Crippen LogP contribution in [0.4, 0.5) is 0 Å². The van der Waals surface area contributed by atoms with Crippen LogP contribution in [0.2, 0.25) is 0 Å². The average Bonchev–Trinajstić information content (AvgIpc) is 3.19. The molecule has 1 aromatic heterocycles. The van der Waals surface area contributed by atoms with E-state index in [-0.39, 0.29) is 5.91 Å². The van der Waals surface area contributed by atoms with Crippen LogP contribution < -0.4 is 5.32 Å². The first-order chi connectivity index (χ1) is 14.1. The second kappa shape index (κ2) is 8.15. The Morgan fingerprint density at radius 1 is 0.897 bits per heavy atom. The first-order valence-electron chi connectivity index (χ1n) is 9.67. The summed E-state index contributed by atoms with van der Waals surface area (Å²) in [6.45, 7) is 4.57. The van der Waals surface area contributed by atoms with Crippen LogP contribution in [-0.4, -0.2) is 15.7 Å². The van der Waals surface area contributed by atoms with Crippen molar-refractivity contribution in [2.75, 3.05) is 0 Å². The Hall–Kier alpha value is -3.66. The van der Waals surface area contributed by atoms with Crippen molar-refractivity contribution in [3.05, 3.63) is 107 Å². The van der Waals surface area contributed by atoms with Gasteiger partial charge >= 0.3 is 0 Å². The third-order valence-electron chi connectivity index (χ3n) is 4.89. The lowest BCUT2D eigenvalue weighted by atomic mass is 10.1. The monoisotopic (exact) mass is 381 g/mol. The van der Waals surface area contributed by atoms with E-state index in [0.717, 1.165) is 28.1 Å². The molecule has 29 heavy (non-hydrogen) atoms. The quantitative estimate of drug-likeness (QED) is 0.524. The summed E-state index contributed by atoms with van der Waals surface area (Å²) in [6.07, 6.45) is 0. The fourth-order valence-electron chi connectivity index (χ4n) is 3.39. The maximum Gasteiger partial charge on any atom is 0.270 e. The first-order valence-corrected chi connectivity index (χ1v) is 9.67. The van der Waals surface area contributed by atoms with Crippen molar-refractivity contribution in [2.24, 2.45) is 0 Å². The van der Waals surface area contributed by atoms with Crippen LogP contribution >= 0.6 is 0 Å². The molecule has 1 N–H and O–H groups in total. The molecule has 4 heteroatoms. The van der Waals surface area contributed by atoms with Gasteiger partial charge in [-0.1, -0.05) is 78.4 Å². The lowest BCUT2D eigenvalue weighted by Crippen LogP contribution is -2.25. The second-order valence-electron chi connectivity index (χ2n) is 7.15. The largest absolute Gasteiger partial charge is 0.347 e. The van der Waals surface area contributed by atoms with E-state index in [1.807, 2.05) is 85.8 Å². The Labute approximate surface area is 170 Å². The first kappa shape index (κ1) is 18.7. The SMILES string of the molecule is Cc1ccc(-n2nc(-c3ccccc3)cc2C(=O)NCc2ccccc2)c(C)c1. The molecule has 1 heterocycles. The molecule has 0 atom stereocenters. The van der Waals surface area contributed by atoms with Crippen molar-refractivity contribution in [1.29, 1.82) is 0 Å². The highest BCUT2D eigenvalue weighted by Gasteiger charge is 2.18. The molecule has 0 radical (unpaired) electrons. The number of carbonyl (C=O) groups excluding carboxylic acids is 1. The lowest BCUT2D eigenvalue weighted by Gasteiger charge is -2.11. The van der Waals surface area contributed by atoms with Crippen LogP contribution in [0.15, 0.2) is 84.9 Å². The van der Waals surface area contributed by atoms with Crippen LogP contribution in [-0.2, 0) is 6.54 Å². The summed E-state index contributed by atoms with van der Waals surface area (Å²) in [6, 6.07) is 27.8. The number of hydrogen-bond acceptors (Lipinski definition) is 2. The molecule has 0 fully saturated rings. The normalized spacial score (nSPS) is 10.7. The van der Waals surface area contributed by atoms with Gasteiger partial charge in [-0.15, -0.1) is 0 Å². The molecule has 0 saturated heterocycles. The zero-order valence-corrected chi connectivity index (χ0v) is 16.6. The smallest absolute Gasteiger partial charge is 0.270 e. The van der Waals surface area contributed by atoms with Gasteiger partial charge in [0.2, 0.25) is 0 Å². The molecule has 0 spiro atoms. The standard InChI is InChI=1S/C25H23N3O/c1-18-13-14-23(19(2)15-18)28-24(16-22(27-28)21-11-7-4-8-12-21)25(29)26-17-20-9-5-3-6-10-20/h3-16H,17H2,1-2H3,(H,26,29). The van der Waals surface area contributed by atoms with Crippen LogP contribution in [0.5, 0.6) is 0 Å². The summed E-state index contributed by atoms with van der Waals surface area (Å²) in [5.74, 6) is -0.150. The van der Waals surface area contributed by atoms with Crippen LogP contribution in [0.3, 0.4) is 0 Å². The highest BCUT2D eigenvalue weighted by molar-refractivity contribution is 5.94. The molecule has 0 aliphatic carbocycles. The number of nitrogens with one attached hydrogen (secondary N) is 1. The third kappa shape index (κ3) is 4.11. The van der Waals surface area contributed by atoms with Gasteiger partial charge in [-0.2, -0.15) is 5.10 Å². The zero-order valence-electron chi connectivity index (χ0n) is 16.6. The predicted octanol–water partition coefficient (Wildman–Crippen LogP) is 5.09. The van der Waals surface area contributed by atoms with E-state index >= 15 is 0 Å². The molecule has 1 amide bonds. The van der Waals surface area contributed by atoms with E-state index in [1.54, 1.807) is 4.68 Å². The molecule has 0 aliphatic heterocycles. The summed E-state index contributed by atoms with van der Waals surface area (Å²) < 4.78 is 1.75. The van der Waals surface area contributed by atoms with E-state index < -0.39 is 0 Å². The van der Waals surface area contributed by atoms with Crippen LogP contribution in [0, 0.1) is 13.8 Å². The number of rotatable bonds is 5. The van der Waals surface area contributed by atoms with E-state index in [2.05, 4.69) is 18.3 Å². The molecule has 4 rings (SSSR count). The molecule has 4 nitrogen and oxygen atoms in total. The van der Waals surface area contributed by atoms with Gasteiger partial charge in [0.05, 0.1) is 11.4 Å². The van der Waals surface area contributed by atoms with E-state index in [0.29, 0.717) is 12.2 Å². The number of hydrogen-bond donors (Lipinski definition) is 1. The van der Waals surface area contributed by atoms with Crippen LogP contribution in [0.25, 0.3) is 16.9 Å². The fourth-order valence-corrected chi connectivity index (χ4v) is 3.39. The van der Waals surface area contributed by atoms with Crippen LogP contribution in [0.1, 0.15) is 27.2 Å². The topological polar surface area (TPSA) is 46.9 Å². The van der Waals surface area contributed by atoms with Gasteiger partial charge in [-0.25, -0.2) is 4.68 Å². The maximum absolute atomic E-state index is 13.1. The molecular weight excluding hydrogens is 358 g/mol. The number of amides is 1. The van der Waals surface area contributed by atoms with Gasteiger partial charge in [0.1, 0.15) is 5.69 Å². The van der Waals surface area contributed by atoms with E-state index in [4.69, 9.17) is 5.10 Å². The predicted molar refractivity (Wildman–Crippen MR) is 116 cm³/mol. The minimum absolute atomic E-state index is 0.150. The second-order valence-corrected chi connectivity index (χ2v) is 7.15. The van der Waals surface area contributed by atoms with Crippen molar-refractivity contribution in [3.8, 4) is 16.9 Å². The van der Waals surface area contributed by atoms with Crippen molar-refractivity contribution in [2.45, 2.75) is 20.4 Å². The third-order valence-corrected chi connectivity index (χ3v) is 4.89. The van der Waals surface area contributed by atoms with Crippen molar-refractivity contribution < 1.29 is 4.79 Å². The Morgan fingerprint density at radius 3 is 2.28 bits per heavy atom. The number of aromatic nitrogens is 2. The van der Waals surface area contributed by atoms with Gasteiger partial charge in [-0.05, 0) is 37.1 Å². The van der Waals surface area contributed by atoms with Crippen molar-refractivity contribution >= 4 is 5.91 Å². The molecular formula is C25H23N3O. The Morgan fingerprint density at radius 2 is 1.59 bits per heavy atom. The van der Waals surface area contributed by atoms with Gasteiger partial charge in [0.15, 0.2) is 0 Å². The number of carbonyl (C=O) groups is 1. The van der Waals surface area contributed by atoms with E-state index in [9.17, 15) is 4.79 Å². The highest BCUT2D eigenvalue weighted by Crippen LogP contribution is 2.24. The summed E-state index contributed by atoms with van der Waals surface area (Å²) in [5, 5.41) is 7.79. The number of benzene rings is 3. The summed E-state index contributed by atoms with van der Waals surface area (Å²) in [4.78, 5) is 13.1. The molecule has 0 bridgehead atoms. The zero-order chi connectivity index (χ0) is 20.2. The van der Waals surface area contributed by atoms with Gasteiger partial charge in [0.25, 0.3) is 5.91 Å². The number of nitrogens with zero attached hydrogens (tertiary/aromatic N) is 2. The van der Waals surface area contributed by atoms with Crippen molar-refractivity contribution in [1.82, 2.24) is 15.1 Å². The molecule has 3 aromatic carbocycles. The molecule has 0 saturated carbocycles. The Kier molecular flexibility index (Phi) is 5.25.